The van der Waals surface area contributed by atoms with Crippen LogP contribution in [0.3, 0.4) is 0 Å². The Hall–Kier alpha value is -3.37. The molecule has 4 aromatic rings. The lowest BCUT2D eigenvalue weighted by atomic mass is 10.0. The minimum atomic E-state index is -0.454. The standard InChI is InChI=1S/C17H10N4O2/c1-9(22)14-15(19-20-18)12-7-4-6-11-10-5-2-3-8-13(10)21(16(11)12)17(14)23/h2-8H,1H3. The van der Waals surface area contributed by atoms with Crippen LogP contribution in [0.4, 0.5) is 5.69 Å². The Morgan fingerprint density at radius 3 is 2.52 bits per heavy atom. The maximum atomic E-state index is 12.9. The van der Waals surface area contributed by atoms with Gasteiger partial charge >= 0.3 is 0 Å². The molecule has 2 aromatic carbocycles. The van der Waals surface area contributed by atoms with Crippen molar-refractivity contribution in [1.82, 2.24) is 4.40 Å². The van der Waals surface area contributed by atoms with E-state index in [0.717, 1.165) is 16.3 Å². The molecule has 110 valence electrons. The summed E-state index contributed by atoms with van der Waals surface area (Å²) in [5, 5.41) is 6.04. The Labute approximate surface area is 129 Å². The summed E-state index contributed by atoms with van der Waals surface area (Å²) in [5.74, 6) is -0.419. The molecule has 0 unspecified atom stereocenters. The third-order valence-electron chi connectivity index (χ3n) is 4.10. The molecule has 0 spiro atoms. The minimum Gasteiger partial charge on any atom is -0.294 e. The van der Waals surface area contributed by atoms with E-state index < -0.39 is 11.3 Å². The molecule has 0 fully saturated rings. The van der Waals surface area contributed by atoms with Crippen LogP contribution in [0, 0.1) is 0 Å². The van der Waals surface area contributed by atoms with Gasteiger partial charge in [0, 0.05) is 21.1 Å². The quantitative estimate of drug-likeness (QED) is 0.240. The van der Waals surface area contributed by atoms with Gasteiger partial charge in [0.15, 0.2) is 5.78 Å². The fraction of sp³-hybridized carbons (Fsp3) is 0.0588. The number of carbonyl (C=O) groups is 1. The monoisotopic (exact) mass is 302 g/mol. The van der Waals surface area contributed by atoms with Gasteiger partial charge in [0.2, 0.25) is 0 Å². The Kier molecular flexibility index (Phi) is 2.64. The van der Waals surface area contributed by atoms with Gasteiger partial charge in [-0.3, -0.25) is 14.0 Å². The van der Waals surface area contributed by atoms with E-state index in [1.807, 2.05) is 36.4 Å². The highest BCUT2D eigenvalue weighted by Gasteiger charge is 2.21. The van der Waals surface area contributed by atoms with Gasteiger partial charge < -0.3 is 0 Å². The first-order chi connectivity index (χ1) is 11.1. The molecule has 0 aliphatic carbocycles. The van der Waals surface area contributed by atoms with Crippen LogP contribution in [-0.2, 0) is 0 Å². The SMILES string of the molecule is CC(=O)c1c(N=[N+]=[N-])c2cccc3c4ccccc4n(c1=O)c23. The molecule has 0 radical (unpaired) electrons. The van der Waals surface area contributed by atoms with E-state index in [9.17, 15) is 9.59 Å². The number of rotatable bonds is 2. The molecule has 0 saturated heterocycles. The Bertz CT molecular complexity index is 1220. The highest BCUT2D eigenvalue weighted by molar-refractivity contribution is 6.18. The van der Waals surface area contributed by atoms with Crippen molar-refractivity contribution in [2.75, 3.05) is 0 Å². The van der Waals surface area contributed by atoms with E-state index in [0.29, 0.717) is 10.9 Å². The maximum Gasteiger partial charge on any atom is 0.266 e. The van der Waals surface area contributed by atoms with E-state index in [2.05, 4.69) is 10.0 Å². The van der Waals surface area contributed by atoms with E-state index >= 15 is 0 Å². The van der Waals surface area contributed by atoms with E-state index in [1.54, 1.807) is 6.07 Å². The molecular formula is C17H10N4O2. The second-order valence-corrected chi connectivity index (χ2v) is 5.33. The number of para-hydroxylation sites is 2. The second kappa shape index (κ2) is 4.56. The molecule has 0 N–H and O–H groups in total. The number of nitrogens with zero attached hydrogens (tertiary/aromatic N) is 4. The smallest absolute Gasteiger partial charge is 0.266 e. The summed E-state index contributed by atoms with van der Waals surface area (Å²) in [6.07, 6.45) is 0. The first-order valence-corrected chi connectivity index (χ1v) is 7.02. The molecule has 6 heteroatoms. The van der Waals surface area contributed by atoms with Crippen molar-refractivity contribution in [2.24, 2.45) is 5.11 Å². The lowest BCUT2D eigenvalue weighted by molar-refractivity contribution is 0.101. The molecule has 2 aromatic heterocycles. The van der Waals surface area contributed by atoms with Gasteiger partial charge in [0.25, 0.3) is 5.56 Å². The number of hydrogen-bond donors (Lipinski definition) is 0. The van der Waals surface area contributed by atoms with Crippen molar-refractivity contribution in [3.05, 3.63) is 68.8 Å². The summed E-state index contributed by atoms with van der Waals surface area (Å²) in [5.41, 5.74) is 9.82. The molecule has 23 heavy (non-hydrogen) atoms. The zero-order valence-corrected chi connectivity index (χ0v) is 12.1. The summed E-state index contributed by atoms with van der Waals surface area (Å²) in [4.78, 5) is 27.7. The number of azide groups is 1. The van der Waals surface area contributed by atoms with Crippen LogP contribution in [0.1, 0.15) is 17.3 Å². The number of Topliss-reactive ketones (excluding diaryl/α,β-unsaturated/α-hetero) is 1. The first kappa shape index (κ1) is 13.3. The zero-order valence-electron chi connectivity index (χ0n) is 12.1. The van der Waals surface area contributed by atoms with Gasteiger partial charge in [-0.1, -0.05) is 41.5 Å². The van der Waals surface area contributed by atoms with Gasteiger partial charge in [-0.15, -0.1) is 0 Å². The molecule has 0 aliphatic rings. The average Bonchev–Trinajstić information content (AvgIpc) is 2.88. The highest BCUT2D eigenvalue weighted by atomic mass is 16.1. The maximum absolute atomic E-state index is 12.9. The second-order valence-electron chi connectivity index (χ2n) is 5.33. The molecule has 0 saturated carbocycles. The lowest BCUT2D eigenvalue weighted by Gasteiger charge is -2.08. The number of ketones is 1. The minimum absolute atomic E-state index is 0.0795. The third kappa shape index (κ3) is 1.61. The van der Waals surface area contributed by atoms with Crippen LogP contribution in [-0.4, -0.2) is 10.2 Å². The Morgan fingerprint density at radius 2 is 1.78 bits per heavy atom. The van der Waals surface area contributed by atoms with Crippen LogP contribution in [0.15, 0.2) is 52.4 Å². The van der Waals surface area contributed by atoms with Gasteiger partial charge in [0.1, 0.15) is 0 Å². The van der Waals surface area contributed by atoms with Crippen LogP contribution in [0.25, 0.3) is 37.6 Å². The number of carbonyl (C=O) groups excluding carboxylic acids is 1. The number of aromatic nitrogens is 1. The van der Waals surface area contributed by atoms with Crippen LogP contribution < -0.4 is 5.56 Å². The van der Waals surface area contributed by atoms with Crippen LogP contribution >= 0.6 is 0 Å². The number of pyridine rings is 1. The normalized spacial score (nSPS) is 11.2. The lowest BCUT2D eigenvalue weighted by Crippen LogP contribution is -2.20. The van der Waals surface area contributed by atoms with Crippen molar-refractivity contribution in [3.63, 3.8) is 0 Å². The van der Waals surface area contributed by atoms with Crippen molar-refractivity contribution in [2.45, 2.75) is 6.92 Å². The number of fused-ring (bicyclic) bond motifs is 3. The van der Waals surface area contributed by atoms with Gasteiger partial charge in [-0.2, -0.15) is 0 Å². The molecule has 2 heterocycles. The van der Waals surface area contributed by atoms with Gasteiger partial charge in [0.05, 0.1) is 22.3 Å². The fourth-order valence-corrected chi connectivity index (χ4v) is 3.23. The van der Waals surface area contributed by atoms with E-state index in [1.165, 1.54) is 11.3 Å². The molecule has 0 aliphatic heterocycles. The third-order valence-corrected chi connectivity index (χ3v) is 4.10. The van der Waals surface area contributed by atoms with Crippen molar-refractivity contribution < 1.29 is 4.79 Å². The number of benzene rings is 2. The molecule has 6 nitrogen and oxygen atoms in total. The van der Waals surface area contributed by atoms with Crippen molar-refractivity contribution in [1.29, 1.82) is 0 Å². The van der Waals surface area contributed by atoms with E-state index in [-0.39, 0.29) is 11.3 Å². The fourth-order valence-electron chi connectivity index (χ4n) is 3.23. The van der Waals surface area contributed by atoms with Crippen molar-refractivity contribution in [3.8, 4) is 0 Å². The highest BCUT2D eigenvalue weighted by Crippen LogP contribution is 2.36. The molecule has 0 bridgehead atoms. The molecule has 0 atom stereocenters. The van der Waals surface area contributed by atoms with Crippen molar-refractivity contribution >= 4 is 38.7 Å². The average molecular weight is 302 g/mol. The van der Waals surface area contributed by atoms with Gasteiger partial charge in [-0.25, -0.2) is 0 Å². The molecular weight excluding hydrogens is 292 g/mol. The first-order valence-electron chi connectivity index (χ1n) is 7.02. The summed E-state index contributed by atoms with van der Waals surface area (Å²) in [6.45, 7) is 1.30. The zero-order chi connectivity index (χ0) is 16.1. The van der Waals surface area contributed by atoms with E-state index in [4.69, 9.17) is 5.53 Å². The van der Waals surface area contributed by atoms with Crippen LogP contribution in [0.5, 0.6) is 0 Å². The van der Waals surface area contributed by atoms with Crippen LogP contribution in [0.2, 0.25) is 0 Å². The topological polar surface area (TPSA) is 87.3 Å². The Morgan fingerprint density at radius 1 is 1.09 bits per heavy atom. The summed E-state index contributed by atoms with van der Waals surface area (Å²) in [7, 11) is 0. The summed E-state index contributed by atoms with van der Waals surface area (Å²) >= 11 is 0. The summed E-state index contributed by atoms with van der Waals surface area (Å²) < 4.78 is 1.53. The summed E-state index contributed by atoms with van der Waals surface area (Å²) in [6, 6.07) is 13.0. The Balaban J connectivity index is 2.48. The number of hydrogen-bond acceptors (Lipinski definition) is 3. The molecule has 4 rings (SSSR count). The predicted octanol–water partition coefficient (Wildman–Crippen LogP) is 4.19. The van der Waals surface area contributed by atoms with Gasteiger partial charge in [-0.05, 0) is 18.5 Å². The molecule has 0 amide bonds. The predicted molar refractivity (Wildman–Crippen MR) is 88.7 cm³/mol. The largest absolute Gasteiger partial charge is 0.294 e.